The standard InChI is InChI=1S/C24H29N5O4/c1-27-13-18(12-25)17-11-19(22(26)28-14-17)23(30)29-20-7-8-24(32-9-10-33-24)21(20)31-15-16-5-3-2-4-6-16/h2-6,11-14,20-21H,7-10,15,25H2,1H3,(H2,26,28)(H,29,30)/b18-12+,27-13?/t20-,21+/m0/s1. The smallest absolute Gasteiger partial charge is 0.255 e. The Balaban J connectivity index is 1.53. The average molecular weight is 452 g/mol. The van der Waals surface area contributed by atoms with Gasteiger partial charge in [0.2, 0.25) is 0 Å². The number of nitrogens with zero attached hydrogens (tertiary/aromatic N) is 2. The second-order valence-electron chi connectivity index (χ2n) is 8.01. The number of rotatable bonds is 7. The second kappa shape index (κ2) is 10.1. The molecule has 4 rings (SSSR count). The van der Waals surface area contributed by atoms with Crippen LogP contribution in [0.25, 0.3) is 5.57 Å². The Labute approximate surface area is 192 Å². The summed E-state index contributed by atoms with van der Waals surface area (Å²) >= 11 is 0. The van der Waals surface area contributed by atoms with Crippen LogP contribution in [0.5, 0.6) is 0 Å². The van der Waals surface area contributed by atoms with E-state index in [1.54, 1.807) is 25.5 Å². The molecular formula is C24H29N5O4. The molecule has 1 aromatic heterocycles. The maximum Gasteiger partial charge on any atom is 0.255 e. The first-order valence-corrected chi connectivity index (χ1v) is 10.9. The van der Waals surface area contributed by atoms with Gasteiger partial charge in [-0.15, -0.1) is 0 Å². The van der Waals surface area contributed by atoms with Gasteiger partial charge in [-0.2, -0.15) is 0 Å². The number of hydrogen-bond donors (Lipinski definition) is 3. The topological polar surface area (TPSA) is 134 Å². The van der Waals surface area contributed by atoms with Crippen molar-refractivity contribution in [1.82, 2.24) is 10.3 Å². The lowest BCUT2D eigenvalue weighted by atomic mass is 10.1. The predicted octanol–water partition coefficient (Wildman–Crippen LogP) is 1.88. The van der Waals surface area contributed by atoms with Gasteiger partial charge >= 0.3 is 0 Å². The van der Waals surface area contributed by atoms with Crippen LogP contribution >= 0.6 is 0 Å². The Morgan fingerprint density at radius 2 is 2.09 bits per heavy atom. The highest BCUT2D eigenvalue weighted by molar-refractivity contribution is 6.10. The Morgan fingerprint density at radius 3 is 2.79 bits per heavy atom. The monoisotopic (exact) mass is 451 g/mol. The molecule has 0 unspecified atom stereocenters. The van der Waals surface area contributed by atoms with Gasteiger partial charge in [0.05, 0.1) is 31.4 Å². The molecule has 2 fully saturated rings. The number of carbonyl (C=O) groups is 1. The third-order valence-electron chi connectivity index (χ3n) is 5.91. The van der Waals surface area contributed by atoms with Crippen molar-refractivity contribution in [3.05, 3.63) is 65.5 Å². The molecule has 1 saturated heterocycles. The summed E-state index contributed by atoms with van der Waals surface area (Å²) in [4.78, 5) is 21.4. The molecule has 33 heavy (non-hydrogen) atoms. The molecule has 2 heterocycles. The van der Waals surface area contributed by atoms with E-state index in [-0.39, 0.29) is 23.3 Å². The molecule has 0 bridgehead atoms. The SMILES string of the molecule is CN=C/C(=C\N)c1cnc(N)c(C(=O)N[C@H]2CCC3(OCCO3)[C@@H]2OCc2ccccc2)c1. The molecule has 9 nitrogen and oxygen atoms in total. The summed E-state index contributed by atoms with van der Waals surface area (Å²) in [6, 6.07) is 11.2. The van der Waals surface area contributed by atoms with Crippen molar-refractivity contribution < 1.29 is 19.0 Å². The van der Waals surface area contributed by atoms with Crippen molar-refractivity contribution in [2.24, 2.45) is 10.7 Å². The van der Waals surface area contributed by atoms with Crippen LogP contribution in [-0.2, 0) is 20.8 Å². The summed E-state index contributed by atoms with van der Waals surface area (Å²) in [5.74, 6) is -1.07. The van der Waals surface area contributed by atoms with E-state index in [0.717, 1.165) is 5.56 Å². The van der Waals surface area contributed by atoms with Crippen molar-refractivity contribution in [3.63, 3.8) is 0 Å². The first-order valence-electron chi connectivity index (χ1n) is 10.9. The Bertz CT molecular complexity index is 1030. The van der Waals surface area contributed by atoms with Crippen LogP contribution in [0.3, 0.4) is 0 Å². The number of nitrogen functional groups attached to an aromatic ring is 1. The Kier molecular flexibility index (Phi) is 7.02. The number of ether oxygens (including phenoxy) is 3. The fourth-order valence-corrected chi connectivity index (χ4v) is 4.30. The van der Waals surface area contributed by atoms with Gasteiger partial charge in [-0.25, -0.2) is 4.98 Å². The largest absolute Gasteiger partial charge is 0.404 e. The number of nitrogens with two attached hydrogens (primary N) is 2. The average Bonchev–Trinajstić information content (AvgIpc) is 3.44. The van der Waals surface area contributed by atoms with Gasteiger partial charge in [0, 0.05) is 43.2 Å². The number of carbonyl (C=O) groups excluding carboxylic acids is 1. The van der Waals surface area contributed by atoms with Gasteiger partial charge in [0.1, 0.15) is 11.9 Å². The zero-order valence-corrected chi connectivity index (χ0v) is 18.6. The summed E-state index contributed by atoms with van der Waals surface area (Å²) < 4.78 is 18.2. The molecule has 2 atom stereocenters. The molecule has 1 amide bonds. The lowest BCUT2D eigenvalue weighted by Gasteiger charge is -2.32. The molecule has 1 spiro atoms. The fraction of sp³-hybridized carbons (Fsp3) is 0.375. The van der Waals surface area contributed by atoms with Gasteiger partial charge in [-0.3, -0.25) is 9.79 Å². The fourth-order valence-electron chi connectivity index (χ4n) is 4.30. The van der Waals surface area contributed by atoms with E-state index in [2.05, 4.69) is 15.3 Å². The van der Waals surface area contributed by atoms with Gasteiger partial charge in [0.25, 0.3) is 5.91 Å². The number of anilines is 1. The summed E-state index contributed by atoms with van der Waals surface area (Å²) in [5.41, 5.74) is 14.3. The molecule has 1 aliphatic carbocycles. The van der Waals surface area contributed by atoms with E-state index in [0.29, 0.717) is 43.8 Å². The van der Waals surface area contributed by atoms with Gasteiger partial charge < -0.3 is 31.0 Å². The van der Waals surface area contributed by atoms with Crippen LogP contribution in [-0.4, -0.2) is 55.3 Å². The number of allylic oxidation sites excluding steroid dienone is 1. The number of hydrogen-bond acceptors (Lipinski definition) is 8. The maximum absolute atomic E-state index is 13.2. The van der Waals surface area contributed by atoms with E-state index < -0.39 is 11.9 Å². The second-order valence-corrected chi connectivity index (χ2v) is 8.01. The number of amides is 1. The molecule has 174 valence electrons. The lowest BCUT2D eigenvalue weighted by molar-refractivity contribution is -0.224. The van der Waals surface area contributed by atoms with Crippen LogP contribution in [0.2, 0.25) is 0 Å². The highest BCUT2D eigenvalue weighted by Gasteiger charge is 2.54. The predicted molar refractivity (Wildman–Crippen MR) is 125 cm³/mol. The van der Waals surface area contributed by atoms with Crippen molar-refractivity contribution in [1.29, 1.82) is 0 Å². The number of pyridine rings is 1. The molecule has 0 radical (unpaired) electrons. The van der Waals surface area contributed by atoms with Crippen LogP contribution in [0, 0.1) is 0 Å². The minimum atomic E-state index is -0.856. The molecule has 1 saturated carbocycles. The first kappa shape index (κ1) is 22.9. The quantitative estimate of drug-likeness (QED) is 0.547. The van der Waals surface area contributed by atoms with E-state index in [1.165, 1.54) is 6.20 Å². The Hall–Kier alpha value is -3.27. The zero-order valence-electron chi connectivity index (χ0n) is 18.6. The molecule has 2 aliphatic rings. The van der Waals surface area contributed by atoms with E-state index in [1.807, 2.05) is 30.3 Å². The third kappa shape index (κ3) is 4.90. The van der Waals surface area contributed by atoms with Crippen LogP contribution in [0.4, 0.5) is 5.82 Å². The molecule has 9 heteroatoms. The number of aromatic nitrogens is 1. The van der Waals surface area contributed by atoms with E-state index in [9.17, 15) is 4.79 Å². The third-order valence-corrected chi connectivity index (χ3v) is 5.91. The van der Waals surface area contributed by atoms with Crippen molar-refractivity contribution in [3.8, 4) is 0 Å². The normalized spacial score (nSPS) is 22.3. The van der Waals surface area contributed by atoms with Gasteiger partial charge in [-0.1, -0.05) is 30.3 Å². The summed E-state index contributed by atoms with van der Waals surface area (Å²) in [5, 5.41) is 3.06. The van der Waals surface area contributed by atoms with Crippen molar-refractivity contribution >= 4 is 23.5 Å². The number of aliphatic imine (C=N–C) groups is 1. The van der Waals surface area contributed by atoms with Gasteiger partial charge in [-0.05, 0) is 18.1 Å². The minimum absolute atomic E-state index is 0.129. The molecular weight excluding hydrogens is 422 g/mol. The summed E-state index contributed by atoms with van der Waals surface area (Å²) in [6.07, 6.45) is 5.37. The maximum atomic E-state index is 13.2. The van der Waals surface area contributed by atoms with Crippen molar-refractivity contribution in [2.45, 2.75) is 37.4 Å². The number of nitrogens with one attached hydrogen (secondary N) is 1. The minimum Gasteiger partial charge on any atom is -0.404 e. The van der Waals surface area contributed by atoms with E-state index in [4.69, 9.17) is 25.7 Å². The van der Waals surface area contributed by atoms with Gasteiger partial charge in [0.15, 0.2) is 5.79 Å². The Morgan fingerprint density at radius 1 is 1.33 bits per heavy atom. The molecule has 5 N–H and O–H groups in total. The van der Waals surface area contributed by atoms with Crippen LogP contribution in [0.1, 0.15) is 34.3 Å². The summed E-state index contributed by atoms with van der Waals surface area (Å²) in [6.45, 7) is 1.38. The zero-order chi connectivity index (χ0) is 23.3. The lowest BCUT2D eigenvalue weighted by Crippen LogP contribution is -2.51. The molecule has 2 aromatic rings. The molecule has 1 aromatic carbocycles. The van der Waals surface area contributed by atoms with Crippen LogP contribution in [0.15, 0.2) is 53.8 Å². The number of benzene rings is 1. The van der Waals surface area contributed by atoms with Crippen LogP contribution < -0.4 is 16.8 Å². The molecule has 1 aliphatic heterocycles. The highest BCUT2D eigenvalue weighted by atomic mass is 16.8. The highest BCUT2D eigenvalue weighted by Crippen LogP contribution is 2.40. The van der Waals surface area contributed by atoms with E-state index >= 15 is 0 Å². The first-order chi connectivity index (χ1) is 16.1. The summed E-state index contributed by atoms with van der Waals surface area (Å²) in [7, 11) is 1.64. The van der Waals surface area contributed by atoms with Crippen molar-refractivity contribution in [2.75, 3.05) is 26.0 Å².